The van der Waals surface area contributed by atoms with Gasteiger partial charge >= 0.3 is 0 Å². The lowest BCUT2D eigenvalue weighted by molar-refractivity contribution is -0.116. The molecule has 0 fully saturated rings. The number of nitrogens with zero attached hydrogens (tertiary/aromatic N) is 1. The van der Waals surface area contributed by atoms with Gasteiger partial charge in [0.25, 0.3) is 0 Å². The van der Waals surface area contributed by atoms with Gasteiger partial charge in [-0.2, -0.15) is 0 Å². The van der Waals surface area contributed by atoms with Crippen molar-refractivity contribution in [1.82, 2.24) is 0 Å². The maximum atomic E-state index is 12.9. The number of carbonyl (C=O) groups excluding carboxylic acids is 1. The second-order valence-corrected chi connectivity index (χ2v) is 9.15. The van der Waals surface area contributed by atoms with Gasteiger partial charge in [0, 0.05) is 5.69 Å². The van der Waals surface area contributed by atoms with Crippen molar-refractivity contribution in [2.24, 2.45) is 0 Å². The SMILES string of the molecule is Cc1cc(C)c(NC(=O)[C@@H](C)N(c2cc(C)ccc2C)S(C)(=O)=O)c(C)c1. The summed E-state index contributed by atoms with van der Waals surface area (Å²) in [5, 5.41) is 2.92. The standard InChI is InChI=1S/C21H28N2O3S/c1-13-8-9-15(3)19(12-13)23(27(7,25)26)18(6)21(24)22-20-16(4)10-14(2)11-17(20)5/h8-12,18H,1-7H3,(H,22,24)/t18-/m1/s1. The van der Waals surface area contributed by atoms with Crippen molar-refractivity contribution >= 4 is 27.3 Å². The van der Waals surface area contributed by atoms with E-state index in [1.54, 1.807) is 13.0 Å². The molecule has 1 N–H and O–H groups in total. The Morgan fingerprint density at radius 1 is 0.926 bits per heavy atom. The van der Waals surface area contributed by atoms with Crippen molar-refractivity contribution in [1.29, 1.82) is 0 Å². The highest BCUT2D eigenvalue weighted by Crippen LogP contribution is 2.28. The van der Waals surface area contributed by atoms with Crippen LogP contribution >= 0.6 is 0 Å². The molecular weight excluding hydrogens is 360 g/mol. The number of rotatable bonds is 5. The van der Waals surface area contributed by atoms with E-state index in [1.165, 1.54) is 4.31 Å². The third kappa shape index (κ3) is 4.69. The average molecular weight is 389 g/mol. The summed E-state index contributed by atoms with van der Waals surface area (Å²) in [6.07, 6.45) is 1.13. The molecule has 0 aliphatic heterocycles. The molecule has 0 aromatic heterocycles. The van der Waals surface area contributed by atoms with Gasteiger partial charge in [-0.15, -0.1) is 0 Å². The van der Waals surface area contributed by atoms with Crippen LogP contribution in [0.2, 0.25) is 0 Å². The molecule has 6 heteroatoms. The van der Waals surface area contributed by atoms with Crippen LogP contribution in [-0.4, -0.2) is 26.6 Å². The van der Waals surface area contributed by atoms with E-state index in [2.05, 4.69) is 5.32 Å². The number of amides is 1. The van der Waals surface area contributed by atoms with Crippen LogP contribution in [0.3, 0.4) is 0 Å². The molecule has 27 heavy (non-hydrogen) atoms. The molecule has 2 aromatic carbocycles. The Morgan fingerprint density at radius 3 is 2.00 bits per heavy atom. The molecule has 1 atom stereocenters. The van der Waals surface area contributed by atoms with Crippen LogP contribution in [0.25, 0.3) is 0 Å². The molecule has 0 radical (unpaired) electrons. The van der Waals surface area contributed by atoms with Gasteiger partial charge in [0.15, 0.2) is 0 Å². The summed E-state index contributed by atoms with van der Waals surface area (Å²) >= 11 is 0. The van der Waals surface area contributed by atoms with E-state index in [1.807, 2.05) is 58.9 Å². The van der Waals surface area contributed by atoms with Gasteiger partial charge in [0.1, 0.15) is 6.04 Å². The summed E-state index contributed by atoms with van der Waals surface area (Å²) < 4.78 is 26.2. The third-order valence-electron chi connectivity index (χ3n) is 4.62. The molecule has 2 aromatic rings. The van der Waals surface area contributed by atoms with Gasteiger partial charge in [0.2, 0.25) is 15.9 Å². The van der Waals surface area contributed by atoms with Crippen molar-refractivity contribution in [3.05, 3.63) is 58.1 Å². The minimum absolute atomic E-state index is 0.364. The van der Waals surface area contributed by atoms with Crippen LogP contribution in [0.4, 0.5) is 11.4 Å². The molecular formula is C21H28N2O3S. The molecule has 0 unspecified atom stereocenters. The van der Waals surface area contributed by atoms with Gasteiger partial charge in [-0.25, -0.2) is 8.42 Å². The van der Waals surface area contributed by atoms with Crippen LogP contribution in [0.5, 0.6) is 0 Å². The first kappa shape index (κ1) is 21.0. The predicted molar refractivity (Wildman–Crippen MR) is 112 cm³/mol. The summed E-state index contributed by atoms with van der Waals surface area (Å²) in [5.41, 5.74) is 6.00. The van der Waals surface area contributed by atoms with Crippen molar-refractivity contribution in [3.63, 3.8) is 0 Å². The zero-order chi connectivity index (χ0) is 20.5. The van der Waals surface area contributed by atoms with Crippen LogP contribution in [-0.2, 0) is 14.8 Å². The lowest BCUT2D eigenvalue weighted by atomic mass is 10.0. The third-order valence-corrected chi connectivity index (χ3v) is 5.84. The predicted octanol–water partition coefficient (Wildman–Crippen LogP) is 4.02. The second kappa shape index (κ2) is 7.72. The number of hydrogen-bond acceptors (Lipinski definition) is 3. The fraction of sp³-hybridized carbons (Fsp3) is 0.381. The van der Waals surface area contributed by atoms with Crippen molar-refractivity contribution in [2.75, 3.05) is 15.9 Å². The van der Waals surface area contributed by atoms with Crippen LogP contribution < -0.4 is 9.62 Å². The van der Waals surface area contributed by atoms with E-state index in [-0.39, 0.29) is 5.91 Å². The van der Waals surface area contributed by atoms with Gasteiger partial charge in [-0.3, -0.25) is 9.10 Å². The summed E-state index contributed by atoms with van der Waals surface area (Å²) in [5.74, 6) is -0.364. The average Bonchev–Trinajstić information content (AvgIpc) is 2.52. The maximum absolute atomic E-state index is 12.9. The zero-order valence-corrected chi connectivity index (χ0v) is 17.9. The molecule has 0 saturated carbocycles. The lowest BCUT2D eigenvalue weighted by Crippen LogP contribution is -2.45. The number of carbonyl (C=O) groups is 1. The van der Waals surface area contributed by atoms with Crippen LogP contribution in [0, 0.1) is 34.6 Å². The number of sulfonamides is 1. The molecule has 2 rings (SSSR count). The first-order valence-electron chi connectivity index (χ1n) is 8.87. The Kier molecular flexibility index (Phi) is 6.00. The summed E-state index contributed by atoms with van der Waals surface area (Å²) in [6.45, 7) is 11.2. The molecule has 1 amide bonds. The van der Waals surface area contributed by atoms with Gasteiger partial charge in [0.05, 0.1) is 11.9 Å². The zero-order valence-electron chi connectivity index (χ0n) is 17.0. The molecule has 5 nitrogen and oxygen atoms in total. The Hall–Kier alpha value is -2.34. The molecule has 0 aliphatic carbocycles. The van der Waals surface area contributed by atoms with E-state index in [0.29, 0.717) is 5.69 Å². The summed E-state index contributed by atoms with van der Waals surface area (Å²) in [6, 6.07) is 8.67. The Balaban J connectivity index is 2.43. The topological polar surface area (TPSA) is 66.5 Å². The van der Waals surface area contributed by atoms with Crippen LogP contribution in [0.15, 0.2) is 30.3 Å². The fourth-order valence-electron chi connectivity index (χ4n) is 3.34. The first-order valence-corrected chi connectivity index (χ1v) is 10.7. The van der Waals surface area contributed by atoms with E-state index in [9.17, 15) is 13.2 Å². The molecule has 0 bridgehead atoms. The van der Waals surface area contributed by atoms with E-state index < -0.39 is 16.1 Å². The van der Waals surface area contributed by atoms with Gasteiger partial charge in [-0.05, 0) is 69.9 Å². The van der Waals surface area contributed by atoms with E-state index >= 15 is 0 Å². The highest BCUT2D eigenvalue weighted by Gasteiger charge is 2.30. The minimum Gasteiger partial charge on any atom is -0.324 e. The van der Waals surface area contributed by atoms with E-state index in [4.69, 9.17) is 0 Å². The molecule has 0 saturated heterocycles. The normalized spacial score (nSPS) is 12.6. The molecule has 146 valence electrons. The quantitative estimate of drug-likeness (QED) is 0.841. The highest BCUT2D eigenvalue weighted by atomic mass is 32.2. The van der Waals surface area contributed by atoms with Gasteiger partial charge in [-0.1, -0.05) is 29.8 Å². The van der Waals surface area contributed by atoms with Crippen molar-refractivity contribution < 1.29 is 13.2 Å². The monoisotopic (exact) mass is 388 g/mol. The fourth-order valence-corrected chi connectivity index (χ4v) is 4.57. The van der Waals surface area contributed by atoms with Crippen molar-refractivity contribution in [3.8, 4) is 0 Å². The number of aryl methyl sites for hydroxylation is 5. The molecule has 0 heterocycles. The van der Waals surface area contributed by atoms with Crippen molar-refractivity contribution in [2.45, 2.75) is 47.6 Å². The highest BCUT2D eigenvalue weighted by molar-refractivity contribution is 7.92. The molecule has 0 spiro atoms. The Labute approximate surface area is 162 Å². The van der Waals surface area contributed by atoms with Gasteiger partial charge < -0.3 is 5.32 Å². The summed E-state index contributed by atoms with van der Waals surface area (Å²) in [4.78, 5) is 12.9. The molecule has 0 aliphatic rings. The number of hydrogen-bond donors (Lipinski definition) is 1. The Morgan fingerprint density at radius 2 is 1.48 bits per heavy atom. The smallest absolute Gasteiger partial charge is 0.248 e. The number of nitrogens with one attached hydrogen (secondary N) is 1. The lowest BCUT2D eigenvalue weighted by Gasteiger charge is -2.30. The van der Waals surface area contributed by atoms with Crippen LogP contribution in [0.1, 0.15) is 34.7 Å². The maximum Gasteiger partial charge on any atom is 0.248 e. The second-order valence-electron chi connectivity index (χ2n) is 7.29. The number of anilines is 2. The van der Waals surface area contributed by atoms with E-state index in [0.717, 1.165) is 39.8 Å². The summed E-state index contributed by atoms with van der Waals surface area (Å²) in [7, 11) is -3.65. The number of benzene rings is 2. The first-order chi connectivity index (χ1) is 12.4. The Bertz CT molecular complexity index is 958. The largest absolute Gasteiger partial charge is 0.324 e. The minimum atomic E-state index is -3.65.